The second kappa shape index (κ2) is 6.88. The van der Waals surface area contributed by atoms with Crippen molar-refractivity contribution >= 4 is 17.9 Å². The molecule has 0 fully saturated rings. The van der Waals surface area contributed by atoms with Crippen LogP contribution in [-0.4, -0.2) is 21.9 Å². The third kappa shape index (κ3) is 3.33. The summed E-state index contributed by atoms with van der Waals surface area (Å²) in [6.45, 7) is 4.71. The van der Waals surface area contributed by atoms with Gasteiger partial charge in [0, 0.05) is 11.8 Å². The molecule has 3 rings (SSSR count). The summed E-state index contributed by atoms with van der Waals surface area (Å²) in [4.78, 5) is 0. The van der Waals surface area contributed by atoms with Gasteiger partial charge in [-0.05, 0) is 49.8 Å². The van der Waals surface area contributed by atoms with Crippen LogP contribution in [0.5, 0.6) is 5.75 Å². The van der Waals surface area contributed by atoms with E-state index < -0.39 is 0 Å². The first-order valence-corrected chi connectivity index (χ1v) is 8.11. The number of aromatic nitrogens is 3. The van der Waals surface area contributed by atoms with E-state index in [4.69, 9.17) is 17.0 Å². The van der Waals surface area contributed by atoms with Crippen LogP contribution in [0.15, 0.2) is 42.5 Å². The molecule has 0 saturated heterocycles. The van der Waals surface area contributed by atoms with E-state index in [-0.39, 0.29) is 0 Å². The summed E-state index contributed by atoms with van der Waals surface area (Å²) >= 11 is 5.41. The zero-order valence-electron chi connectivity index (χ0n) is 14.0. The Hall–Kier alpha value is -2.60. The molecule has 0 unspecified atom stereocenters. The molecule has 2 N–H and O–H groups in total. The van der Waals surface area contributed by atoms with Crippen molar-refractivity contribution in [3.8, 4) is 11.4 Å². The fourth-order valence-corrected chi connectivity index (χ4v) is 2.92. The molecule has 0 spiro atoms. The molecule has 0 aliphatic rings. The number of nitrogens with zero attached hydrogens (tertiary/aromatic N) is 2. The number of aryl methyl sites for hydroxylation is 2. The van der Waals surface area contributed by atoms with Gasteiger partial charge < -0.3 is 10.1 Å². The molecule has 3 aromatic rings. The summed E-state index contributed by atoms with van der Waals surface area (Å²) in [6, 6.07) is 14.1. The largest absolute Gasteiger partial charge is 0.497 e. The molecule has 0 amide bonds. The van der Waals surface area contributed by atoms with Gasteiger partial charge in [-0.1, -0.05) is 23.8 Å². The molecule has 1 heterocycles. The Kier molecular flexibility index (Phi) is 4.66. The number of hydrogen-bond donors (Lipinski definition) is 2. The van der Waals surface area contributed by atoms with Gasteiger partial charge in [-0.25, -0.2) is 0 Å². The maximum Gasteiger partial charge on any atom is 0.199 e. The second-order valence-corrected chi connectivity index (χ2v) is 6.04. The molecule has 0 aliphatic heterocycles. The molecule has 0 bridgehead atoms. The first-order valence-electron chi connectivity index (χ1n) is 7.70. The second-order valence-electron chi connectivity index (χ2n) is 5.66. The topological polar surface area (TPSA) is 54.9 Å². The van der Waals surface area contributed by atoms with Crippen LogP contribution in [0.3, 0.4) is 0 Å². The third-order valence-electron chi connectivity index (χ3n) is 3.86. The Balaban J connectivity index is 1.89. The fourth-order valence-electron chi connectivity index (χ4n) is 2.67. The smallest absolute Gasteiger partial charge is 0.199 e. The minimum absolute atomic E-state index is 0.549. The summed E-state index contributed by atoms with van der Waals surface area (Å²) in [5.41, 5.74) is 4.40. The maximum absolute atomic E-state index is 5.41. The van der Waals surface area contributed by atoms with Crippen molar-refractivity contribution in [1.29, 1.82) is 0 Å². The number of methoxy groups -OCH3 is 1. The van der Waals surface area contributed by atoms with Crippen LogP contribution in [0.25, 0.3) is 5.69 Å². The zero-order chi connectivity index (χ0) is 17.1. The molecule has 5 nitrogen and oxygen atoms in total. The van der Waals surface area contributed by atoms with E-state index in [1.165, 1.54) is 5.56 Å². The standard InChI is InChI=1S/C18H20N4OS/c1-12-7-8-16(13(2)9-12)22-17(20-21-18(22)24)11-19-14-5-4-6-15(10-14)23-3/h4-10,19H,11H2,1-3H3,(H,21,24). The van der Waals surface area contributed by atoms with Crippen molar-refractivity contribution in [1.82, 2.24) is 14.8 Å². The SMILES string of the molecule is COc1cccc(NCc2n[nH]c(=S)n2-c2ccc(C)cc2C)c1. The molecule has 6 heteroatoms. The highest BCUT2D eigenvalue weighted by atomic mass is 32.1. The van der Waals surface area contributed by atoms with E-state index in [0.29, 0.717) is 11.3 Å². The van der Waals surface area contributed by atoms with Crippen molar-refractivity contribution in [3.05, 3.63) is 64.2 Å². The predicted octanol–water partition coefficient (Wildman–Crippen LogP) is 4.17. The molecule has 0 atom stereocenters. The van der Waals surface area contributed by atoms with Gasteiger partial charge in [-0.2, -0.15) is 5.10 Å². The van der Waals surface area contributed by atoms with Crippen LogP contribution in [0.4, 0.5) is 5.69 Å². The number of benzene rings is 2. The first-order chi connectivity index (χ1) is 11.6. The molecule has 0 aliphatic carbocycles. The van der Waals surface area contributed by atoms with Crippen molar-refractivity contribution in [2.45, 2.75) is 20.4 Å². The van der Waals surface area contributed by atoms with E-state index in [1.807, 2.05) is 28.8 Å². The molecule has 1 aromatic heterocycles. The van der Waals surface area contributed by atoms with Crippen LogP contribution in [0.2, 0.25) is 0 Å². The van der Waals surface area contributed by atoms with Gasteiger partial charge >= 0.3 is 0 Å². The van der Waals surface area contributed by atoms with Crippen molar-refractivity contribution in [3.63, 3.8) is 0 Å². The molecule has 124 valence electrons. The van der Waals surface area contributed by atoms with Crippen LogP contribution in [0, 0.1) is 18.6 Å². The van der Waals surface area contributed by atoms with Gasteiger partial charge in [0.05, 0.1) is 19.3 Å². The first kappa shape index (κ1) is 16.3. The minimum Gasteiger partial charge on any atom is -0.497 e. The monoisotopic (exact) mass is 340 g/mol. The van der Waals surface area contributed by atoms with E-state index in [1.54, 1.807) is 7.11 Å². The number of hydrogen-bond acceptors (Lipinski definition) is 4. The number of aromatic amines is 1. The summed E-state index contributed by atoms with van der Waals surface area (Å²) in [5.74, 6) is 1.64. The lowest BCUT2D eigenvalue weighted by molar-refractivity contribution is 0.415. The fraction of sp³-hybridized carbons (Fsp3) is 0.222. The molecule has 0 radical (unpaired) electrons. The van der Waals surface area contributed by atoms with E-state index in [2.05, 4.69) is 47.6 Å². The quantitative estimate of drug-likeness (QED) is 0.685. The number of anilines is 1. The van der Waals surface area contributed by atoms with Gasteiger partial charge in [0.25, 0.3) is 0 Å². The lowest BCUT2D eigenvalue weighted by Gasteiger charge is -2.12. The molecule has 2 aromatic carbocycles. The lowest BCUT2D eigenvalue weighted by Crippen LogP contribution is -2.09. The van der Waals surface area contributed by atoms with E-state index in [0.717, 1.165) is 28.5 Å². The summed E-state index contributed by atoms with van der Waals surface area (Å²) in [7, 11) is 1.66. The average Bonchev–Trinajstić information content (AvgIpc) is 2.94. The molecule has 0 saturated carbocycles. The Morgan fingerprint density at radius 2 is 2.04 bits per heavy atom. The van der Waals surface area contributed by atoms with Crippen LogP contribution < -0.4 is 10.1 Å². The van der Waals surface area contributed by atoms with Crippen LogP contribution >= 0.6 is 12.2 Å². The highest BCUT2D eigenvalue weighted by molar-refractivity contribution is 7.71. The Morgan fingerprint density at radius 3 is 2.79 bits per heavy atom. The summed E-state index contributed by atoms with van der Waals surface area (Å²) < 4.78 is 7.80. The van der Waals surface area contributed by atoms with Gasteiger partial charge in [-0.15, -0.1) is 0 Å². The van der Waals surface area contributed by atoms with Gasteiger partial charge in [0.15, 0.2) is 10.6 Å². The molecular weight excluding hydrogens is 320 g/mol. The maximum atomic E-state index is 5.41. The van der Waals surface area contributed by atoms with Gasteiger partial charge in [0.1, 0.15) is 5.75 Å². The number of ether oxygens (including phenoxy) is 1. The number of nitrogens with one attached hydrogen (secondary N) is 2. The molecular formula is C18H20N4OS. The Bertz CT molecular complexity index is 913. The predicted molar refractivity (Wildman–Crippen MR) is 98.5 cm³/mol. The number of rotatable bonds is 5. The summed E-state index contributed by atoms with van der Waals surface area (Å²) in [6.07, 6.45) is 0. The highest BCUT2D eigenvalue weighted by Crippen LogP contribution is 2.20. The summed E-state index contributed by atoms with van der Waals surface area (Å²) in [5, 5.41) is 10.6. The van der Waals surface area contributed by atoms with Crippen molar-refractivity contribution < 1.29 is 4.74 Å². The normalized spacial score (nSPS) is 10.6. The zero-order valence-corrected chi connectivity index (χ0v) is 14.8. The van der Waals surface area contributed by atoms with Crippen molar-refractivity contribution in [2.24, 2.45) is 0 Å². The third-order valence-corrected chi connectivity index (χ3v) is 4.13. The Labute approximate surface area is 146 Å². The lowest BCUT2D eigenvalue weighted by atomic mass is 10.1. The average molecular weight is 340 g/mol. The van der Waals surface area contributed by atoms with E-state index >= 15 is 0 Å². The Morgan fingerprint density at radius 1 is 1.21 bits per heavy atom. The van der Waals surface area contributed by atoms with Gasteiger partial charge in [-0.3, -0.25) is 9.67 Å². The van der Waals surface area contributed by atoms with Crippen molar-refractivity contribution in [2.75, 3.05) is 12.4 Å². The van der Waals surface area contributed by atoms with Gasteiger partial charge in [0.2, 0.25) is 0 Å². The molecule has 24 heavy (non-hydrogen) atoms. The van der Waals surface area contributed by atoms with Crippen LogP contribution in [0.1, 0.15) is 17.0 Å². The highest BCUT2D eigenvalue weighted by Gasteiger charge is 2.10. The van der Waals surface area contributed by atoms with E-state index in [9.17, 15) is 0 Å². The number of H-pyrrole nitrogens is 1. The van der Waals surface area contributed by atoms with Crippen LogP contribution in [-0.2, 0) is 6.54 Å². The minimum atomic E-state index is 0.549.